The Morgan fingerprint density at radius 2 is 0.773 bits per heavy atom. The average molecular weight is 572 g/mol. The molecule has 0 unspecified atom stereocenters. The second-order valence-corrected chi connectivity index (χ2v) is 12.2. The van der Waals surface area contributed by atoms with Gasteiger partial charge in [0, 0.05) is 39.3 Å². The van der Waals surface area contributed by atoms with Gasteiger partial charge in [-0.3, -0.25) is 0 Å². The molecule has 1 spiro atoms. The van der Waals surface area contributed by atoms with Crippen molar-refractivity contribution in [1.29, 1.82) is 0 Å². The van der Waals surface area contributed by atoms with Crippen LogP contribution in [0.1, 0.15) is 44.5 Å². The van der Waals surface area contributed by atoms with Crippen molar-refractivity contribution in [3.8, 4) is 23.0 Å². The molecule has 0 saturated carbocycles. The van der Waals surface area contributed by atoms with E-state index >= 15 is 0 Å². The zero-order valence-corrected chi connectivity index (χ0v) is 25.4. The minimum atomic E-state index is -0.637. The summed E-state index contributed by atoms with van der Waals surface area (Å²) in [7, 11) is 0. The Hall–Kier alpha value is -5.28. The lowest BCUT2D eigenvalue weighted by Gasteiger charge is -2.45. The van der Waals surface area contributed by atoms with Crippen LogP contribution in [-0.4, -0.2) is 0 Å². The molecule has 2 aliphatic rings. The molecular formula is C41H33NO2. The number of ether oxygens (including phenoxy) is 2. The fourth-order valence-electron chi connectivity index (χ4n) is 7.35. The van der Waals surface area contributed by atoms with Gasteiger partial charge in [0.1, 0.15) is 23.0 Å². The highest BCUT2D eigenvalue weighted by Gasteiger charge is 2.50. The van der Waals surface area contributed by atoms with Crippen molar-refractivity contribution >= 4 is 17.1 Å². The van der Waals surface area contributed by atoms with Gasteiger partial charge in [-0.1, -0.05) is 66.7 Å². The van der Waals surface area contributed by atoms with Crippen LogP contribution in [0.15, 0.2) is 127 Å². The molecule has 0 radical (unpaired) electrons. The molecule has 0 bridgehead atoms. The molecular weight excluding hydrogens is 538 g/mol. The van der Waals surface area contributed by atoms with Gasteiger partial charge in [-0.05, 0) is 111 Å². The third kappa shape index (κ3) is 3.96. The van der Waals surface area contributed by atoms with Crippen LogP contribution in [0.3, 0.4) is 0 Å². The minimum absolute atomic E-state index is 0.637. The minimum Gasteiger partial charge on any atom is -0.457 e. The first-order valence-corrected chi connectivity index (χ1v) is 15.2. The van der Waals surface area contributed by atoms with Crippen LogP contribution in [-0.2, 0) is 5.41 Å². The summed E-state index contributed by atoms with van der Waals surface area (Å²) in [6, 6.07) is 45.5. The van der Waals surface area contributed by atoms with Crippen LogP contribution < -0.4 is 14.4 Å². The van der Waals surface area contributed by atoms with Crippen LogP contribution >= 0.6 is 0 Å². The molecule has 2 aliphatic heterocycles. The monoisotopic (exact) mass is 571 g/mol. The fraction of sp³-hybridized carbons (Fsp3) is 0.122. The van der Waals surface area contributed by atoms with Gasteiger partial charge >= 0.3 is 0 Å². The van der Waals surface area contributed by atoms with Crippen LogP contribution in [0.2, 0.25) is 0 Å². The first-order chi connectivity index (χ1) is 21.4. The van der Waals surface area contributed by atoms with E-state index in [2.05, 4.69) is 142 Å². The van der Waals surface area contributed by atoms with Crippen molar-refractivity contribution in [1.82, 2.24) is 0 Å². The summed E-state index contributed by atoms with van der Waals surface area (Å²) in [5.74, 6) is 3.43. The molecule has 214 valence electrons. The second kappa shape index (κ2) is 9.89. The molecule has 3 nitrogen and oxygen atoms in total. The molecule has 0 N–H and O–H groups in total. The number of aryl methyl sites for hydroxylation is 4. The molecule has 0 atom stereocenters. The number of para-hydroxylation sites is 3. The Labute approximate surface area is 259 Å². The van der Waals surface area contributed by atoms with E-state index < -0.39 is 5.41 Å². The number of hydrogen-bond donors (Lipinski definition) is 0. The number of anilines is 3. The van der Waals surface area contributed by atoms with Gasteiger partial charge in [0.25, 0.3) is 0 Å². The summed E-state index contributed by atoms with van der Waals surface area (Å²) in [4.78, 5) is 2.38. The van der Waals surface area contributed by atoms with Gasteiger partial charge in [0.15, 0.2) is 0 Å². The van der Waals surface area contributed by atoms with E-state index in [0.29, 0.717) is 0 Å². The lowest BCUT2D eigenvalue weighted by atomic mass is 9.62. The van der Waals surface area contributed by atoms with E-state index in [0.717, 1.165) is 62.3 Å². The molecule has 8 rings (SSSR count). The zero-order valence-electron chi connectivity index (χ0n) is 25.4. The molecule has 2 heterocycles. The van der Waals surface area contributed by atoms with Crippen LogP contribution in [0, 0.1) is 27.7 Å². The third-order valence-corrected chi connectivity index (χ3v) is 8.87. The van der Waals surface area contributed by atoms with E-state index in [-0.39, 0.29) is 0 Å². The summed E-state index contributed by atoms with van der Waals surface area (Å²) >= 11 is 0. The van der Waals surface area contributed by atoms with Crippen molar-refractivity contribution in [3.05, 3.63) is 172 Å². The van der Waals surface area contributed by atoms with E-state index in [9.17, 15) is 0 Å². The summed E-state index contributed by atoms with van der Waals surface area (Å²) in [6.07, 6.45) is 0. The topological polar surface area (TPSA) is 21.7 Å². The summed E-state index contributed by atoms with van der Waals surface area (Å²) in [5, 5.41) is 0. The maximum Gasteiger partial charge on any atom is 0.132 e. The number of hydrogen-bond acceptors (Lipinski definition) is 3. The van der Waals surface area contributed by atoms with Gasteiger partial charge in [0.05, 0.1) is 5.41 Å². The summed E-state index contributed by atoms with van der Waals surface area (Å²) < 4.78 is 13.3. The SMILES string of the molecule is Cc1cc(C)cc(N(c2cc(C)cc(C)c2)c2ccc3c(c2)C2(c4ccccc4Oc4ccccc42)c2ccccc2O3)c1. The van der Waals surface area contributed by atoms with Gasteiger partial charge in [-0.15, -0.1) is 0 Å². The molecule has 0 aliphatic carbocycles. The number of rotatable bonds is 3. The average Bonchev–Trinajstić information content (AvgIpc) is 3.00. The largest absolute Gasteiger partial charge is 0.457 e. The molecule has 44 heavy (non-hydrogen) atoms. The van der Waals surface area contributed by atoms with Crippen molar-refractivity contribution in [2.75, 3.05) is 4.90 Å². The molecule has 0 fully saturated rings. The van der Waals surface area contributed by atoms with Crippen molar-refractivity contribution in [2.24, 2.45) is 0 Å². The van der Waals surface area contributed by atoms with Crippen LogP contribution in [0.5, 0.6) is 23.0 Å². The lowest BCUT2D eigenvalue weighted by Crippen LogP contribution is -2.37. The Bertz CT molecular complexity index is 1900. The van der Waals surface area contributed by atoms with E-state index in [4.69, 9.17) is 9.47 Å². The molecule has 0 amide bonds. The first-order valence-electron chi connectivity index (χ1n) is 15.2. The van der Waals surface area contributed by atoms with Gasteiger partial charge in [0.2, 0.25) is 0 Å². The molecule has 6 aromatic carbocycles. The van der Waals surface area contributed by atoms with Crippen molar-refractivity contribution in [2.45, 2.75) is 33.1 Å². The standard InChI is InChI=1S/C41H33NO2/c1-26-19-27(2)22-31(21-26)42(32-23-28(3)20-29(4)24-32)30-17-18-40-36(25-30)41(35-13-7-10-16-39(35)44-40)33-11-5-8-14-37(33)43-38-15-9-6-12-34(38)41/h5-25H,1-4H3. The maximum absolute atomic E-state index is 6.70. The van der Waals surface area contributed by atoms with E-state index in [1.54, 1.807) is 0 Å². The number of fused-ring (bicyclic) bond motifs is 8. The molecule has 0 aromatic heterocycles. The Morgan fingerprint density at radius 3 is 1.20 bits per heavy atom. The van der Waals surface area contributed by atoms with Gasteiger partial charge in [-0.25, -0.2) is 0 Å². The predicted octanol–water partition coefficient (Wildman–Crippen LogP) is 11.0. The second-order valence-electron chi connectivity index (χ2n) is 12.2. The molecule has 3 heteroatoms. The quantitative estimate of drug-likeness (QED) is 0.211. The van der Waals surface area contributed by atoms with Crippen molar-refractivity contribution in [3.63, 3.8) is 0 Å². The number of benzene rings is 6. The Morgan fingerprint density at radius 1 is 0.386 bits per heavy atom. The fourth-order valence-corrected chi connectivity index (χ4v) is 7.35. The highest BCUT2D eigenvalue weighted by Crippen LogP contribution is 2.61. The lowest BCUT2D eigenvalue weighted by molar-refractivity contribution is 0.399. The number of nitrogens with zero attached hydrogens (tertiary/aromatic N) is 1. The normalized spacial score (nSPS) is 13.5. The Kier molecular flexibility index (Phi) is 5.92. The smallest absolute Gasteiger partial charge is 0.132 e. The van der Waals surface area contributed by atoms with E-state index in [1.807, 2.05) is 18.2 Å². The highest BCUT2D eigenvalue weighted by molar-refractivity contribution is 5.82. The zero-order chi connectivity index (χ0) is 30.0. The van der Waals surface area contributed by atoms with Crippen LogP contribution in [0.25, 0.3) is 0 Å². The van der Waals surface area contributed by atoms with Gasteiger partial charge in [-0.2, -0.15) is 0 Å². The summed E-state index contributed by atoms with van der Waals surface area (Å²) in [5.41, 5.74) is 12.0. The van der Waals surface area contributed by atoms with Crippen LogP contribution in [0.4, 0.5) is 17.1 Å². The summed E-state index contributed by atoms with van der Waals surface area (Å²) in [6.45, 7) is 8.66. The highest BCUT2D eigenvalue weighted by atomic mass is 16.5. The molecule has 0 saturated heterocycles. The first kappa shape index (κ1) is 26.4. The van der Waals surface area contributed by atoms with E-state index in [1.165, 1.54) is 22.3 Å². The van der Waals surface area contributed by atoms with Crippen molar-refractivity contribution < 1.29 is 9.47 Å². The predicted molar refractivity (Wildman–Crippen MR) is 179 cm³/mol. The Balaban J connectivity index is 1.46. The molecule has 6 aromatic rings. The maximum atomic E-state index is 6.70. The third-order valence-electron chi connectivity index (χ3n) is 8.87. The van der Waals surface area contributed by atoms with Gasteiger partial charge < -0.3 is 14.4 Å².